The van der Waals surface area contributed by atoms with Crippen molar-refractivity contribution in [1.29, 1.82) is 0 Å². The number of amides is 1. The summed E-state index contributed by atoms with van der Waals surface area (Å²) in [4.78, 5) is 22.2. The molecule has 0 rings (SSSR count). The second-order valence-corrected chi connectivity index (χ2v) is 4.00. The highest BCUT2D eigenvalue weighted by molar-refractivity contribution is 5.82. The highest BCUT2D eigenvalue weighted by Gasteiger charge is 2.23. The van der Waals surface area contributed by atoms with Crippen LogP contribution in [0.4, 0.5) is 0 Å². The molecule has 0 aromatic heterocycles. The minimum Gasteiger partial charge on any atom is -0.463 e. The van der Waals surface area contributed by atoms with Gasteiger partial charge in [0.25, 0.3) is 0 Å². The molecule has 0 aliphatic carbocycles. The highest BCUT2D eigenvalue weighted by atomic mass is 16.5. The van der Waals surface area contributed by atoms with Gasteiger partial charge >= 0.3 is 5.97 Å². The molecule has 0 radical (unpaired) electrons. The third-order valence-corrected chi connectivity index (χ3v) is 1.92. The van der Waals surface area contributed by atoms with E-state index in [9.17, 15) is 9.59 Å². The summed E-state index contributed by atoms with van der Waals surface area (Å²) in [6, 6.07) is 0. The molecule has 82 valence electrons. The van der Waals surface area contributed by atoms with Crippen LogP contribution in [0.1, 0.15) is 34.1 Å². The molecule has 0 saturated heterocycles. The molecule has 0 spiro atoms. The van der Waals surface area contributed by atoms with Crippen molar-refractivity contribution < 1.29 is 14.3 Å². The van der Waals surface area contributed by atoms with Gasteiger partial charge in [-0.2, -0.15) is 0 Å². The Morgan fingerprint density at radius 2 is 1.71 bits per heavy atom. The fraction of sp³-hybridized carbons (Fsp3) is 0.800. The molecular weight excluding hydrogens is 182 g/mol. The van der Waals surface area contributed by atoms with Crippen molar-refractivity contribution in [1.82, 2.24) is 0 Å². The molecule has 0 unspecified atom stereocenters. The zero-order chi connectivity index (χ0) is 11.3. The molecule has 0 heterocycles. The molecule has 0 bridgehead atoms. The van der Waals surface area contributed by atoms with Gasteiger partial charge in [-0.15, -0.1) is 0 Å². The first-order valence-electron chi connectivity index (χ1n) is 4.83. The summed E-state index contributed by atoms with van der Waals surface area (Å²) < 4.78 is 4.93. The summed E-state index contributed by atoms with van der Waals surface area (Å²) in [6.07, 6.45) is -0.0752. The van der Waals surface area contributed by atoms with E-state index in [1.54, 1.807) is 13.8 Å². The van der Waals surface area contributed by atoms with Crippen molar-refractivity contribution in [2.45, 2.75) is 40.2 Å². The molecule has 0 aliphatic heterocycles. The van der Waals surface area contributed by atoms with Crippen LogP contribution in [0.5, 0.6) is 0 Å². The molecule has 0 aromatic rings. The zero-order valence-corrected chi connectivity index (χ0v) is 9.24. The van der Waals surface area contributed by atoms with Crippen LogP contribution in [0.25, 0.3) is 0 Å². The Labute approximate surface area is 84.8 Å². The Morgan fingerprint density at radius 1 is 1.21 bits per heavy atom. The van der Waals surface area contributed by atoms with E-state index >= 15 is 0 Å². The smallest absolute Gasteiger partial charge is 0.306 e. The maximum absolute atomic E-state index is 11.2. The van der Waals surface area contributed by atoms with E-state index in [0.717, 1.165) is 0 Å². The second-order valence-electron chi connectivity index (χ2n) is 4.00. The largest absolute Gasteiger partial charge is 0.463 e. The Kier molecular flexibility index (Phi) is 5.20. The van der Waals surface area contributed by atoms with Crippen LogP contribution >= 0.6 is 0 Å². The van der Waals surface area contributed by atoms with E-state index in [2.05, 4.69) is 0 Å². The molecule has 4 nitrogen and oxygen atoms in total. The summed E-state index contributed by atoms with van der Waals surface area (Å²) in [5.74, 6) is -1.17. The van der Waals surface area contributed by atoms with Crippen molar-refractivity contribution in [3.63, 3.8) is 0 Å². The predicted molar refractivity (Wildman–Crippen MR) is 53.4 cm³/mol. The second kappa shape index (κ2) is 5.62. The molecule has 14 heavy (non-hydrogen) atoms. The van der Waals surface area contributed by atoms with Crippen molar-refractivity contribution in [3.8, 4) is 0 Å². The summed E-state index contributed by atoms with van der Waals surface area (Å²) in [5.41, 5.74) is 5.17. The Bertz CT molecular complexity index is 211. The van der Waals surface area contributed by atoms with Gasteiger partial charge in [0.2, 0.25) is 5.91 Å². The van der Waals surface area contributed by atoms with Gasteiger partial charge in [0.05, 0.1) is 18.4 Å². The van der Waals surface area contributed by atoms with E-state index < -0.39 is 11.8 Å². The van der Waals surface area contributed by atoms with Gasteiger partial charge in [-0.3, -0.25) is 9.59 Å². The molecule has 0 saturated carbocycles. The van der Waals surface area contributed by atoms with Gasteiger partial charge in [0.1, 0.15) is 0 Å². The summed E-state index contributed by atoms with van der Waals surface area (Å²) in [6.45, 7) is 7.26. The summed E-state index contributed by atoms with van der Waals surface area (Å²) in [7, 11) is 0. The molecule has 0 fully saturated rings. The molecule has 2 N–H and O–H groups in total. The Hall–Kier alpha value is -1.06. The number of nitrogens with two attached hydrogens (primary N) is 1. The number of rotatable bonds is 5. The first-order valence-corrected chi connectivity index (χ1v) is 4.83. The predicted octanol–water partition coefficient (Wildman–Crippen LogP) is 1.09. The van der Waals surface area contributed by atoms with Crippen LogP contribution in [0.3, 0.4) is 0 Å². The van der Waals surface area contributed by atoms with Crippen LogP contribution in [0.15, 0.2) is 0 Å². The van der Waals surface area contributed by atoms with E-state index in [4.69, 9.17) is 10.5 Å². The van der Waals surface area contributed by atoms with Gasteiger partial charge in [0.15, 0.2) is 0 Å². The first-order chi connectivity index (χ1) is 6.34. The lowest BCUT2D eigenvalue weighted by atomic mass is 9.92. The average molecular weight is 201 g/mol. The number of hydrogen-bond acceptors (Lipinski definition) is 3. The SMILES string of the molecule is CC(C)OC(=O)C[C@@H](C(N)=O)C(C)C. The number of primary amides is 1. The Balaban J connectivity index is 4.17. The standard InChI is InChI=1S/C10H19NO3/c1-6(2)8(10(11)13)5-9(12)14-7(3)4/h6-8H,5H2,1-4H3,(H2,11,13)/t8-/m1/s1. The van der Waals surface area contributed by atoms with E-state index in [1.807, 2.05) is 13.8 Å². The summed E-state index contributed by atoms with van der Waals surface area (Å²) in [5, 5.41) is 0. The lowest BCUT2D eigenvalue weighted by Crippen LogP contribution is -2.30. The first kappa shape index (κ1) is 12.9. The van der Waals surface area contributed by atoms with Crippen LogP contribution < -0.4 is 5.73 Å². The normalized spacial score (nSPS) is 13.0. The fourth-order valence-electron chi connectivity index (χ4n) is 1.16. The Morgan fingerprint density at radius 3 is 2.00 bits per heavy atom. The highest BCUT2D eigenvalue weighted by Crippen LogP contribution is 2.15. The van der Waals surface area contributed by atoms with Crippen molar-refractivity contribution in [2.24, 2.45) is 17.6 Å². The molecule has 1 amide bonds. The summed E-state index contributed by atoms with van der Waals surface area (Å²) >= 11 is 0. The quantitative estimate of drug-likeness (QED) is 0.677. The van der Waals surface area contributed by atoms with Crippen LogP contribution in [0.2, 0.25) is 0 Å². The van der Waals surface area contributed by atoms with Gasteiger partial charge in [-0.05, 0) is 19.8 Å². The van der Waals surface area contributed by atoms with Crippen molar-refractivity contribution >= 4 is 11.9 Å². The van der Waals surface area contributed by atoms with Crippen LogP contribution in [-0.2, 0) is 14.3 Å². The van der Waals surface area contributed by atoms with Crippen LogP contribution in [0, 0.1) is 11.8 Å². The lowest BCUT2D eigenvalue weighted by Gasteiger charge is -2.17. The zero-order valence-electron chi connectivity index (χ0n) is 9.24. The number of esters is 1. The van der Waals surface area contributed by atoms with Crippen molar-refractivity contribution in [2.75, 3.05) is 0 Å². The molecule has 1 atom stereocenters. The molecule has 0 aliphatic rings. The number of carbonyl (C=O) groups is 2. The van der Waals surface area contributed by atoms with Crippen molar-refractivity contribution in [3.05, 3.63) is 0 Å². The van der Waals surface area contributed by atoms with E-state index in [-0.39, 0.29) is 24.4 Å². The number of carbonyl (C=O) groups excluding carboxylic acids is 2. The average Bonchev–Trinajstić information content (AvgIpc) is 1.97. The minimum atomic E-state index is -0.444. The monoisotopic (exact) mass is 201 g/mol. The molecule has 0 aromatic carbocycles. The minimum absolute atomic E-state index is 0.0622. The maximum atomic E-state index is 11.2. The number of hydrogen-bond donors (Lipinski definition) is 1. The van der Waals surface area contributed by atoms with E-state index in [1.165, 1.54) is 0 Å². The molecular formula is C10H19NO3. The van der Waals surface area contributed by atoms with Gasteiger partial charge < -0.3 is 10.5 Å². The van der Waals surface area contributed by atoms with Gasteiger partial charge in [-0.25, -0.2) is 0 Å². The number of ether oxygens (including phenoxy) is 1. The van der Waals surface area contributed by atoms with Gasteiger partial charge in [-0.1, -0.05) is 13.8 Å². The third-order valence-electron chi connectivity index (χ3n) is 1.92. The third kappa shape index (κ3) is 4.84. The van der Waals surface area contributed by atoms with Gasteiger partial charge in [0, 0.05) is 0 Å². The topological polar surface area (TPSA) is 69.4 Å². The van der Waals surface area contributed by atoms with E-state index in [0.29, 0.717) is 0 Å². The molecule has 4 heteroatoms. The fourth-order valence-corrected chi connectivity index (χ4v) is 1.16. The maximum Gasteiger partial charge on any atom is 0.306 e. The van der Waals surface area contributed by atoms with Crippen LogP contribution in [-0.4, -0.2) is 18.0 Å². The lowest BCUT2D eigenvalue weighted by molar-refractivity contribution is -0.150.